The van der Waals surface area contributed by atoms with Gasteiger partial charge in [0.2, 0.25) is 0 Å². The molecule has 0 radical (unpaired) electrons. The van der Waals surface area contributed by atoms with E-state index in [1.165, 1.54) is 40.6 Å². The van der Waals surface area contributed by atoms with Crippen molar-refractivity contribution in [2.45, 2.75) is 44.4 Å². The van der Waals surface area contributed by atoms with Crippen molar-refractivity contribution < 1.29 is 4.79 Å². The maximum Gasteiger partial charge on any atom is 0.158 e. The lowest BCUT2D eigenvalue weighted by Crippen LogP contribution is -2.25. The fraction of sp³-hybridized carbons (Fsp3) is 0.346. The summed E-state index contributed by atoms with van der Waals surface area (Å²) in [5, 5.41) is 2.52. The van der Waals surface area contributed by atoms with Gasteiger partial charge >= 0.3 is 0 Å². The molecule has 0 aromatic heterocycles. The minimum atomic E-state index is -0.142. The Bertz CT molecular complexity index is 977. The van der Waals surface area contributed by atoms with Crippen molar-refractivity contribution in [3.05, 3.63) is 78.5 Å². The van der Waals surface area contributed by atoms with Gasteiger partial charge in [-0.05, 0) is 49.3 Å². The first kappa shape index (κ1) is 18.7. The van der Waals surface area contributed by atoms with Gasteiger partial charge in [-0.3, -0.25) is 4.79 Å². The Balaban J connectivity index is 1.75. The van der Waals surface area contributed by atoms with Crippen LogP contribution in [-0.2, 0) is 10.2 Å². The number of benzene rings is 2. The summed E-state index contributed by atoms with van der Waals surface area (Å²) >= 11 is 0. The highest BCUT2D eigenvalue weighted by molar-refractivity contribution is 5.99. The summed E-state index contributed by atoms with van der Waals surface area (Å²) in [6.45, 7) is 6.29. The van der Waals surface area contributed by atoms with Gasteiger partial charge in [0.25, 0.3) is 0 Å². The largest absolute Gasteiger partial charge is 0.347 e. The second-order valence-corrected chi connectivity index (χ2v) is 8.36. The molecule has 2 aromatic rings. The van der Waals surface area contributed by atoms with E-state index in [0.29, 0.717) is 0 Å². The molecule has 0 spiro atoms. The van der Waals surface area contributed by atoms with Crippen LogP contribution in [-0.4, -0.2) is 12.8 Å². The highest BCUT2D eigenvalue weighted by Gasteiger charge is 2.41. The predicted molar refractivity (Wildman–Crippen MR) is 119 cm³/mol. The fourth-order valence-electron chi connectivity index (χ4n) is 5.07. The standard InChI is InChI=1S/C26H29NO/c1-4-18-26(2)22-17-16-19-10-7-8-13-21(19)25(22)27(3)24(26)15-9-14-23(28)20-11-5-6-12-20/h4,7-10,13-17,20H,1,5-6,11-12,18H2,2-3H3. The first-order valence-electron chi connectivity index (χ1n) is 10.4. The Labute approximate surface area is 168 Å². The fourth-order valence-corrected chi connectivity index (χ4v) is 5.07. The van der Waals surface area contributed by atoms with Gasteiger partial charge in [0.15, 0.2) is 5.78 Å². The van der Waals surface area contributed by atoms with E-state index in [4.69, 9.17) is 0 Å². The Morgan fingerprint density at radius 3 is 2.71 bits per heavy atom. The highest BCUT2D eigenvalue weighted by atomic mass is 16.1. The van der Waals surface area contributed by atoms with E-state index in [-0.39, 0.29) is 17.1 Å². The average molecular weight is 372 g/mol. The van der Waals surface area contributed by atoms with Gasteiger partial charge in [-0.1, -0.05) is 61.4 Å². The molecule has 2 aliphatic rings. The molecular weight excluding hydrogens is 342 g/mol. The maximum absolute atomic E-state index is 12.4. The van der Waals surface area contributed by atoms with Crippen LogP contribution in [0.3, 0.4) is 0 Å². The van der Waals surface area contributed by atoms with E-state index in [2.05, 4.69) is 67.9 Å². The number of hydrogen-bond acceptors (Lipinski definition) is 2. The minimum Gasteiger partial charge on any atom is -0.347 e. The van der Waals surface area contributed by atoms with Gasteiger partial charge in [0, 0.05) is 29.5 Å². The van der Waals surface area contributed by atoms with E-state index in [1.54, 1.807) is 6.08 Å². The second kappa shape index (κ2) is 7.43. The van der Waals surface area contributed by atoms with Crippen LogP contribution in [0.5, 0.6) is 0 Å². The number of carbonyl (C=O) groups is 1. The third-order valence-electron chi connectivity index (χ3n) is 6.58. The molecule has 0 N–H and O–H groups in total. The predicted octanol–water partition coefficient (Wildman–Crippen LogP) is 6.32. The third kappa shape index (κ3) is 3.01. The number of fused-ring (bicyclic) bond motifs is 3. The smallest absolute Gasteiger partial charge is 0.158 e. The van der Waals surface area contributed by atoms with E-state index in [0.717, 1.165) is 19.3 Å². The lowest BCUT2D eigenvalue weighted by Gasteiger charge is -2.27. The van der Waals surface area contributed by atoms with Crippen LogP contribution in [0.15, 0.2) is 73.0 Å². The molecule has 0 bridgehead atoms. The number of allylic oxidation sites excluding steroid dienone is 5. The van der Waals surface area contributed by atoms with Crippen molar-refractivity contribution in [2.75, 3.05) is 11.9 Å². The van der Waals surface area contributed by atoms with E-state index < -0.39 is 0 Å². The lowest BCUT2D eigenvalue weighted by molar-refractivity contribution is -0.118. The SMILES string of the molecule is C=CCC1(C)C(=CC=CC(=O)C2CCCC2)N(C)c2c1ccc1ccccc21. The van der Waals surface area contributed by atoms with E-state index in [9.17, 15) is 4.79 Å². The molecule has 1 fully saturated rings. The first-order valence-corrected chi connectivity index (χ1v) is 10.4. The van der Waals surface area contributed by atoms with Gasteiger partial charge < -0.3 is 4.90 Å². The van der Waals surface area contributed by atoms with Gasteiger partial charge in [0.1, 0.15) is 0 Å². The molecule has 1 unspecified atom stereocenters. The zero-order valence-electron chi connectivity index (χ0n) is 16.9. The van der Waals surface area contributed by atoms with Crippen LogP contribution in [0.1, 0.15) is 44.6 Å². The summed E-state index contributed by atoms with van der Waals surface area (Å²) in [6, 6.07) is 13.0. The highest BCUT2D eigenvalue weighted by Crippen LogP contribution is 2.51. The number of anilines is 1. The molecule has 2 aromatic carbocycles. The van der Waals surface area contributed by atoms with Gasteiger partial charge in [-0.2, -0.15) is 0 Å². The minimum absolute atomic E-state index is 0.142. The molecule has 0 saturated heterocycles. The zero-order valence-corrected chi connectivity index (χ0v) is 16.9. The van der Waals surface area contributed by atoms with Gasteiger partial charge in [-0.25, -0.2) is 0 Å². The first-order chi connectivity index (χ1) is 13.6. The summed E-state index contributed by atoms with van der Waals surface area (Å²) in [6.07, 6.45) is 13.2. The molecular formula is C26H29NO. The van der Waals surface area contributed by atoms with E-state index >= 15 is 0 Å². The van der Waals surface area contributed by atoms with Crippen LogP contribution in [0.25, 0.3) is 10.8 Å². The van der Waals surface area contributed by atoms with Crippen molar-refractivity contribution >= 4 is 22.2 Å². The number of ketones is 1. The normalized spacial score (nSPS) is 23.8. The quantitative estimate of drug-likeness (QED) is 0.452. The lowest BCUT2D eigenvalue weighted by atomic mass is 9.78. The average Bonchev–Trinajstić information content (AvgIpc) is 3.30. The summed E-state index contributed by atoms with van der Waals surface area (Å²) < 4.78 is 0. The third-order valence-corrected chi connectivity index (χ3v) is 6.58. The maximum atomic E-state index is 12.4. The van der Waals surface area contributed by atoms with Crippen molar-refractivity contribution in [3.63, 3.8) is 0 Å². The van der Waals surface area contributed by atoms with Crippen molar-refractivity contribution in [1.29, 1.82) is 0 Å². The Hall–Kier alpha value is -2.61. The molecule has 1 heterocycles. The van der Waals surface area contributed by atoms with Crippen molar-refractivity contribution in [2.24, 2.45) is 5.92 Å². The number of rotatable bonds is 5. The molecule has 4 rings (SSSR count). The number of nitrogens with zero attached hydrogens (tertiary/aromatic N) is 1. The Kier molecular flexibility index (Phi) is 4.97. The summed E-state index contributed by atoms with van der Waals surface area (Å²) in [5.74, 6) is 0.514. The molecule has 1 atom stereocenters. The molecule has 1 saturated carbocycles. The molecule has 144 valence electrons. The molecule has 1 aliphatic heterocycles. The van der Waals surface area contributed by atoms with Crippen molar-refractivity contribution in [1.82, 2.24) is 0 Å². The van der Waals surface area contributed by atoms with E-state index in [1.807, 2.05) is 12.2 Å². The Morgan fingerprint density at radius 2 is 1.96 bits per heavy atom. The van der Waals surface area contributed by atoms with Crippen LogP contribution < -0.4 is 4.90 Å². The van der Waals surface area contributed by atoms with Gasteiger partial charge in [0.05, 0.1) is 5.69 Å². The second-order valence-electron chi connectivity index (χ2n) is 8.36. The molecule has 2 heteroatoms. The molecule has 0 amide bonds. The number of hydrogen-bond donors (Lipinski definition) is 0. The van der Waals surface area contributed by atoms with Crippen LogP contribution in [0.2, 0.25) is 0 Å². The summed E-state index contributed by atoms with van der Waals surface area (Å²) in [4.78, 5) is 14.7. The topological polar surface area (TPSA) is 20.3 Å². The molecule has 1 aliphatic carbocycles. The van der Waals surface area contributed by atoms with Gasteiger partial charge in [-0.15, -0.1) is 6.58 Å². The van der Waals surface area contributed by atoms with Crippen LogP contribution >= 0.6 is 0 Å². The van der Waals surface area contributed by atoms with Crippen molar-refractivity contribution in [3.8, 4) is 0 Å². The van der Waals surface area contributed by atoms with Crippen LogP contribution in [0.4, 0.5) is 5.69 Å². The number of likely N-dealkylation sites (N-methyl/N-ethyl adjacent to an activating group) is 1. The van der Waals surface area contributed by atoms with Crippen LogP contribution in [0, 0.1) is 5.92 Å². The monoisotopic (exact) mass is 371 g/mol. The molecule has 28 heavy (non-hydrogen) atoms. The zero-order chi connectivity index (χ0) is 19.7. The number of carbonyl (C=O) groups excluding carboxylic acids is 1. The Morgan fingerprint density at radius 1 is 1.21 bits per heavy atom. The summed E-state index contributed by atoms with van der Waals surface area (Å²) in [5.41, 5.74) is 3.67. The molecule has 2 nitrogen and oxygen atoms in total. The summed E-state index contributed by atoms with van der Waals surface area (Å²) in [7, 11) is 2.14.